The van der Waals surface area contributed by atoms with Gasteiger partial charge in [-0.2, -0.15) is 11.8 Å². The highest BCUT2D eigenvalue weighted by Gasteiger charge is 2.24. The van der Waals surface area contributed by atoms with Gasteiger partial charge >= 0.3 is 0 Å². The van der Waals surface area contributed by atoms with Crippen molar-refractivity contribution in [2.24, 2.45) is 5.92 Å². The van der Waals surface area contributed by atoms with Gasteiger partial charge in [-0.3, -0.25) is 0 Å². The lowest BCUT2D eigenvalue weighted by atomic mass is 10.0. The average Bonchev–Trinajstić information content (AvgIpc) is 2.59. The molecular formula is C11H23NOS. The Morgan fingerprint density at radius 3 is 2.79 bits per heavy atom. The van der Waals surface area contributed by atoms with Crippen LogP contribution in [0.5, 0.6) is 0 Å². The highest BCUT2D eigenvalue weighted by molar-refractivity contribution is 7.98. The van der Waals surface area contributed by atoms with Crippen molar-refractivity contribution in [1.29, 1.82) is 0 Å². The molecule has 1 fully saturated rings. The smallest absolute Gasteiger partial charge is 0.0585 e. The molecule has 0 aromatic rings. The van der Waals surface area contributed by atoms with E-state index in [1.54, 1.807) is 0 Å². The summed E-state index contributed by atoms with van der Waals surface area (Å²) in [6.07, 6.45) is 7.18. The first-order valence-electron chi connectivity index (χ1n) is 5.63. The number of hydrogen-bond donors (Lipinski definition) is 2. The zero-order chi connectivity index (χ0) is 10.4. The first kappa shape index (κ1) is 12.3. The summed E-state index contributed by atoms with van der Waals surface area (Å²) in [5, 5.41) is 12.8. The summed E-state index contributed by atoms with van der Waals surface area (Å²) < 4.78 is 0. The molecular weight excluding hydrogens is 194 g/mol. The topological polar surface area (TPSA) is 32.3 Å². The SMILES string of the molecule is CSCCC(CO)NC1CCCC1C. The van der Waals surface area contributed by atoms with Crippen LogP contribution in [-0.2, 0) is 0 Å². The van der Waals surface area contributed by atoms with Crippen molar-refractivity contribution in [3.63, 3.8) is 0 Å². The van der Waals surface area contributed by atoms with E-state index in [1.165, 1.54) is 19.3 Å². The standard InChI is InChI=1S/C11H23NOS/c1-9-4-3-5-11(9)12-10(8-13)6-7-14-2/h9-13H,3-8H2,1-2H3. The summed E-state index contributed by atoms with van der Waals surface area (Å²) in [5.41, 5.74) is 0. The van der Waals surface area contributed by atoms with Gasteiger partial charge in [0, 0.05) is 12.1 Å². The summed E-state index contributed by atoms with van der Waals surface area (Å²) in [6.45, 7) is 2.59. The summed E-state index contributed by atoms with van der Waals surface area (Å²) in [5.74, 6) is 1.93. The molecule has 0 heterocycles. The predicted molar refractivity (Wildman–Crippen MR) is 63.8 cm³/mol. The quantitative estimate of drug-likeness (QED) is 0.712. The van der Waals surface area contributed by atoms with Gasteiger partial charge in [0.2, 0.25) is 0 Å². The van der Waals surface area contributed by atoms with Crippen LogP contribution in [0, 0.1) is 5.92 Å². The van der Waals surface area contributed by atoms with Crippen molar-refractivity contribution >= 4 is 11.8 Å². The molecule has 1 rings (SSSR count). The second-order valence-corrected chi connectivity index (χ2v) is 5.33. The van der Waals surface area contributed by atoms with E-state index in [4.69, 9.17) is 0 Å². The van der Waals surface area contributed by atoms with Gasteiger partial charge in [0.1, 0.15) is 0 Å². The number of aliphatic hydroxyl groups excluding tert-OH is 1. The molecule has 1 saturated carbocycles. The Labute approximate surface area is 91.9 Å². The number of nitrogens with one attached hydrogen (secondary N) is 1. The van der Waals surface area contributed by atoms with Gasteiger partial charge in [0.25, 0.3) is 0 Å². The minimum absolute atomic E-state index is 0.282. The van der Waals surface area contributed by atoms with Gasteiger partial charge in [-0.25, -0.2) is 0 Å². The van der Waals surface area contributed by atoms with E-state index in [-0.39, 0.29) is 6.61 Å². The molecule has 0 bridgehead atoms. The van der Waals surface area contributed by atoms with E-state index in [1.807, 2.05) is 11.8 Å². The van der Waals surface area contributed by atoms with Gasteiger partial charge in [-0.15, -0.1) is 0 Å². The first-order chi connectivity index (χ1) is 6.77. The summed E-state index contributed by atoms with van der Waals surface area (Å²) in [7, 11) is 0. The van der Waals surface area contributed by atoms with E-state index in [0.29, 0.717) is 12.1 Å². The summed E-state index contributed by atoms with van der Waals surface area (Å²) >= 11 is 1.85. The van der Waals surface area contributed by atoms with Gasteiger partial charge in [-0.1, -0.05) is 13.3 Å². The third-order valence-electron chi connectivity index (χ3n) is 3.20. The molecule has 1 aliphatic carbocycles. The highest BCUT2D eigenvalue weighted by atomic mass is 32.2. The Kier molecular flexibility index (Phi) is 5.90. The zero-order valence-corrected chi connectivity index (χ0v) is 10.1. The van der Waals surface area contributed by atoms with E-state index in [2.05, 4.69) is 18.5 Å². The fourth-order valence-corrected chi connectivity index (χ4v) is 2.70. The van der Waals surface area contributed by atoms with E-state index >= 15 is 0 Å². The lowest BCUT2D eigenvalue weighted by Gasteiger charge is -2.24. The first-order valence-corrected chi connectivity index (χ1v) is 7.03. The molecule has 2 N–H and O–H groups in total. The third kappa shape index (κ3) is 3.79. The molecule has 3 unspecified atom stereocenters. The van der Waals surface area contributed by atoms with Crippen molar-refractivity contribution in [2.75, 3.05) is 18.6 Å². The normalized spacial score (nSPS) is 29.4. The molecule has 0 aliphatic heterocycles. The fourth-order valence-electron chi connectivity index (χ4n) is 2.18. The Balaban J connectivity index is 2.24. The van der Waals surface area contributed by atoms with Crippen LogP contribution in [0.25, 0.3) is 0 Å². The molecule has 1 aliphatic rings. The van der Waals surface area contributed by atoms with E-state index in [9.17, 15) is 5.11 Å². The Hall–Kier alpha value is 0.270. The van der Waals surface area contributed by atoms with Crippen molar-refractivity contribution in [1.82, 2.24) is 5.32 Å². The second-order valence-electron chi connectivity index (χ2n) is 4.34. The second kappa shape index (κ2) is 6.70. The predicted octanol–water partition coefficient (Wildman–Crippen LogP) is 1.88. The maximum absolute atomic E-state index is 9.23. The lowest BCUT2D eigenvalue weighted by Crippen LogP contribution is -2.42. The molecule has 84 valence electrons. The van der Waals surface area contributed by atoms with Gasteiger partial charge in [-0.05, 0) is 37.2 Å². The van der Waals surface area contributed by atoms with Crippen LogP contribution in [0.2, 0.25) is 0 Å². The number of hydrogen-bond acceptors (Lipinski definition) is 3. The molecule has 3 heteroatoms. The van der Waals surface area contributed by atoms with E-state index in [0.717, 1.165) is 18.1 Å². The molecule has 14 heavy (non-hydrogen) atoms. The molecule has 0 aromatic heterocycles. The molecule has 0 spiro atoms. The fraction of sp³-hybridized carbons (Fsp3) is 1.00. The molecule has 0 aromatic carbocycles. The third-order valence-corrected chi connectivity index (χ3v) is 3.85. The van der Waals surface area contributed by atoms with Crippen LogP contribution in [0.15, 0.2) is 0 Å². The maximum atomic E-state index is 9.23. The Bertz CT molecular complexity index is 154. The zero-order valence-electron chi connectivity index (χ0n) is 9.33. The van der Waals surface area contributed by atoms with Crippen molar-refractivity contribution < 1.29 is 5.11 Å². The number of thioether (sulfide) groups is 1. The lowest BCUT2D eigenvalue weighted by molar-refractivity contribution is 0.220. The molecule has 0 saturated heterocycles. The summed E-state index contributed by atoms with van der Waals surface area (Å²) in [4.78, 5) is 0. The monoisotopic (exact) mass is 217 g/mol. The van der Waals surface area contributed by atoms with Crippen LogP contribution >= 0.6 is 11.8 Å². The molecule has 0 amide bonds. The maximum Gasteiger partial charge on any atom is 0.0585 e. The average molecular weight is 217 g/mol. The van der Waals surface area contributed by atoms with Crippen LogP contribution in [0.4, 0.5) is 0 Å². The van der Waals surface area contributed by atoms with Crippen LogP contribution in [0.3, 0.4) is 0 Å². The number of aliphatic hydroxyl groups is 1. The van der Waals surface area contributed by atoms with Crippen LogP contribution in [0.1, 0.15) is 32.6 Å². The Morgan fingerprint density at radius 2 is 2.29 bits per heavy atom. The highest BCUT2D eigenvalue weighted by Crippen LogP contribution is 2.25. The van der Waals surface area contributed by atoms with Crippen LogP contribution in [-0.4, -0.2) is 35.8 Å². The Morgan fingerprint density at radius 1 is 1.50 bits per heavy atom. The van der Waals surface area contributed by atoms with Crippen molar-refractivity contribution in [2.45, 2.75) is 44.7 Å². The summed E-state index contributed by atoms with van der Waals surface area (Å²) in [6, 6.07) is 0.960. The largest absolute Gasteiger partial charge is 0.395 e. The van der Waals surface area contributed by atoms with Crippen LogP contribution < -0.4 is 5.32 Å². The van der Waals surface area contributed by atoms with Gasteiger partial charge in [0.15, 0.2) is 0 Å². The van der Waals surface area contributed by atoms with Crippen molar-refractivity contribution in [3.8, 4) is 0 Å². The molecule has 2 nitrogen and oxygen atoms in total. The van der Waals surface area contributed by atoms with Gasteiger partial charge < -0.3 is 10.4 Å². The molecule has 3 atom stereocenters. The minimum atomic E-state index is 0.282. The van der Waals surface area contributed by atoms with Crippen molar-refractivity contribution in [3.05, 3.63) is 0 Å². The van der Waals surface area contributed by atoms with Gasteiger partial charge in [0.05, 0.1) is 6.61 Å². The minimum Gasteiger partial charge on any atom is -0.395 e. The van der Waals surface area contributed by atoms with E-state index < -0.39 is 0 Å². The number of rotatable bonds is 6. The molecule has 0 radical (unpaired) electrons.